The summed E-state index contributed by atoms with van der Waals surface area (Å²) in [5.74, 6) is -0.813. The summed E-state index contributed by atoms with van der Waals surface area (Å²) < 4.78 is 11.5. The quantitative estimate of drug-likeness (QED) is 0.619. The zero-order valence-corrected chi connectivity index (χ0v) is 20.7. The van der Waals surface area contributed by atoms with Crippen molar-refractivity contribution in [1.29, 1.82) is 0 Å². The number of rotatable bonds is 5. The van der Waals surface area contributed by atoms with Crippen molar-refractivity contribution in [2.45, 2.75) is 70.2 Å². The van der Waals surface area contributed by atoms with E-state index >= 15 is 0 Å². The van der Waals surface area contributed by atoms with E-state index in [-0.39, 0.29) is 42.4 Å². The van der Waals surface area contributed by atoms with Gasteiger partial charge in [-0.2, -0.15) is 0 Å². The number of ether oxygens (including phenoxy) is 2. The maximum Gasteiger partial charge on any atom is 0.409 e. The molecule has 1 unspecified atom stereocenters. The fourth-order valence-corrected chi connectivity index (χ4v) is 5.65. The van der Waals surface area contributed by atoms with Gasteiger partial charge in [-0.1, -0.05) is 6.07 Å². The van der Waals surface area contributed by atoms with Crippen molar-refractivity contribution in [3.8, 4) is 0 Å². The van der Waals surface area contributed by atoms with Gasteiger partial charge in [0.25, 0.3) is 5.91 Å². The molecular weight excluding hydrogens is 464 g/mol. The van der Waals surface area contributed by atoms with Gasteiger partial charge in [0.2, 0.25) is 11.8 Å². The zero-order chi connectivity index (χ0) is 25.2. The Morgan fingerprint density at radius 3 is 2.36 bits per heavy atom. The summed E-state index contributed by atoms with van der Waals surface area (Å²) in [4.78, 5) is 54.4. The lowest BCUT2D eigenvalue weighted by atomic mass is 10.0. The van der Waals surface area contributed by atoms with Gasteiger partial charge in [-0.15, -0.1) is 0 Å². The molecule has 4 heterocycles. The second-order valence-corrected chi connectivity index (χ2v) is 9.95. The number of anilines is 1. The van der Waals surface area contributed by atoms with Crippen LogP contribution in [-0.2, 0) is 25.6 Å². The first kappa shape index (κ1) is 24.5. The third kappa shape index (κ3) is 5.04. The summed E-state index contributed by atoms with van der Waals surface area (Å²) in [7, 11) is 0. The molecule has 0 saturated carbocycles. The van der Waals surface area contributed by atoms with E-state index in [0.29, 0.717) is 38.2 Å². The summed E-state index contributed by atoms with van der Waals surface area (Å²) in [6.45, 7) is 5.63. The number of benzene rings is 1. The number of nitrogens with one attached hydrogen (secondary N) is 1. The predicted octanol–water partition coefficient (Wildman–Crippen LogP) is 2.05. The van der Waals surface area contributed by atoms with Crippen LogP contribution in [0.15, 0.2) is 18.2 Å². The average molecular weight is 499 g/mol. The van der Waals surface area contributed by atoms with Crippen molar-refractivity contribution in [3.63, 3.8) is 0 Å². The number of hydrogen-bond donors (Lipinski definition) is 1. The minimum Gasteiger partial charge on any atom is -0.450 e. The lowest BCUT2D eigenvalue weighted by molar-refractivity contribution is -0.136. The minimum atomic E-state index is -0.594. The van der Waals surface area contributed by atoms with Crippen LogP contribution in [0.1, 0.15) is 61.4 Å². The fourth-order valence-electron chi connectivity index (χ4n) is 5.65. The summed E-state index contributed by atoms with van der Waals surface area (Å²) in [5.41, 5.74) is 2.57. The average Bonchev–Trinajstić information content (AvgIpc) is 3.20. The molecule has 0 radical (unpaired) electrons. The van der Waals surface area contributed by atoms with Crippen LogP contribution >= 0.6 is 0 Å². The van der Waals surface area contributed by atoms with Gasteiger partial charge in [-0.25, -0.2) is 4.79 Å². The van der Waals surface area contributed by atoms with E-state index in [1.165, 1.54) is 0 Å². The standard InChI is InChI=1S/C26H34N4O6/c1-2-35-26(34)29-13-9-20(10-14-29)36-19-7-11-28(12-8-19)18-4-3-17-16-30(25(33)21(17)15-18)22-5-6-23(31)27-24(22)32/h3-4,15,19-20,22H,2,5-14,16H2,1H3,(H,27,31,32). The van der Waals surface area contributed by atoms with Gasteiger partial charge in [0.15, 0.2) is 0 Å². The SMILES string of the molecule is CCOC(=O)N1CCC(OC2CCN(c3ccc4c(c3)C(=O)N(C3CCC(=O)NC3=O)C4)CC2)CC1. The molecule has 0 aromatic heterocycles. The van der Waals surface area contributed by atoms with Gasteiger partial charge >= 0.3 is 6.09 Å². The summed E-state index contributed by atoms with van der Waals surface area (Å²) in [6.07, 6.45) is 4.22. The third-order valence-corrected chi connectivity index (χ3v) is 7.67. The molecule has 1 aromatic rings. The van der Waals surface area contributed by atoms with Crippen LogP contribution in [0.5, 0.6) is 0 Å². The number of nitrogens with zero attached hydrogens (tertiary/aromatic N) is 3. The first-order valence-electron chi connectivity index (χ1n) is 13.0. The van der Waals surface area contributed by atoms with Crippen molar-refractivity contribution in [2.75, 3.05) is 37.7 Å². The third-order valence-electron chi connectivity index (χ3n) is 7.67. The normalized spacial score (nSPS) is 23.6. The number of hydrogen-bond acceptors (Lipinski definition) is 7. The van der Waals surface area contributed by atoms with Crippen LogP contribution in [0.3, 0.4) is 0 Å². The van der Waals surface area contributed by atoms with E-state index in [9.17, 15) is 19.2 Å². The number of carbonyl (C=O) groups excluding carboxylic acids is 4. The van der Waals surface area contributed by atoms with E-state index in [1.54, 1.807) is 9.80 Å². The van der Waals surface area contributed by atoms with Crippen LogP contribution in [0.25, 0.3) is 0 Å². The van der Waals surface area contributed by atoms with Crippen molar-refractivity contribution >= 4 is 29.5 Å². The van der Waals surface area contributed by atoms with Crippen LogP contribution in [0.4, 0.5) is 10.5 Å². The summed E-state index contributed by atoms with van der Waals surface area (Å²) in [5, 5.41) is 2.35. The number of fused-ring (bicyclic) bond motifs is 1. The molecule has 0 spiro atoms. The number of carbonyl (C=O) groups is 4. The lowest BCUT2D eigenvalue weighted by Gasteiger charge is -2.37. The van der Waals surface area contributed by atoms with Gasteiger partial charge in [-0.05, 0) is 56.7 Å². The van der Waals surface area contributed by atoms with Crippen molar-refractivity contribution in [1.82, 2.24) is 15.1 Å². The second kappa shape index (κ2) is 10.5. The van der Waals surface area contributed by atoms with Crippen LogP contribution in [0, 0.1) is 0 Å². The molecule has 0 bridgehead atoms. The molecule has 4 aliphatic heterocycles. The Hall–Kier alpha value is -3.14. The van der Waals surface area contributed by atoms with Crippen molar-refractivity contribution < 1.29 is 28.7 Å². The number of likely N-dealkylation sites (tertiary alicyclic amines) is 1. The fraction of sp³-hybridized carbons (Fsp3) is 0.615. The molecule has 4 aliphatic rings. The highest BCUT2D eigenvalue weighted by Gasteiger charge is 2.39. The highest BCUT2D eigenvalue weighted by atomic mass is 16.6. The molecule has 4 amide bonds. The highest BCUT2D eigenvalue weighted by molar-refractivity contribution is 6.05. The van der Waals surface area contributed by atoms with E-state index in [1.807, 2.05) is 25.1 Å². The molecule has 3 fully saturated rings. The van der Waals surface area contributed by atoms with Gasteiger partial charge in [0.05, 0.1) is 18.8 Å². The number of imide groups is 1. The Labute approximate surface area is 210 Å². The highest BCUT2D eigenvalue weighted by Crippen LogP contribution is 2.32. The second-order valence-electron chi connectivity index (χ2n) is 9.95. The van der Waals surface area contributed by atoms with Crippen molar-refractivity contribution in [3.05, 3.63) is 29.3 Å². The van der Waals surface area contributed by atoms with Gasteiger partial charge in [0.1, 0.15) is 6.04 Å². The van der Waals surface area contributed by atoms with E-state index in [0.717, 1.165) is 50.0 Å². The molecule has 10 heteroatoms. The molecule has 10 nitrogen and oxygen atoms in total. The van der Waals surface area contributed by atoms with Gasteiger partial charge in [0, 0.05) is 50.4 Å². The molecule has 36 heavy (non-hydrogen) atoms. The molecule has 1 atom stereocenters. The van der Waals surface area contributed by atoms with Gasteiger partial charge in [-0.3, -0.25) is 19.7 Å². The summed E-state index contributed by atoms with van der Waals surface area (Å²) in [6, 6.07) is 5.37. The zero-order valence-electron chi connectivity index (χ0n) is 20.7. The Balaban J connectivity index is 1.12. The monoisotopic (exact) mass is 498 g/mol. The predicted molar refractivity (Wildman–Crippen MR) is 130 cm³/mol. The number of piperidine rings is 3. The van der Waals surface area contributed by atoms with Crippen LogP contribution < -0.4 is 10.2 Å². The topological polar surface area (TPSA) is 108 Å². The van der Waals surface area contributed by atoms with Crippen molar-refractivity contribution in [2.24, 2.45) is 0 Å². The van der Waals surface area contributed by atoms with Crippen LogP contribution in [0.2, 0.25) is 0 Å². The van der Waals surface area contributed by atoms with E-state index in [2.05, 4.69) is 10.2 Å². The first-order chi connectivity index (χ1) is 17.4. The molecule has 194 valence electrons. The molecule has 5 rings (SSSR count). The Kier molecular flexibility index (Phi) is 7.13. The molecular formula is C26H34N4O6. The lowest BCUT2D eigenvalue weighted by Crippen LogP contribution is -2.52. The molecule has 1 N–H and O–H groups in total. The first-order valence-corrected chi connectivity index (χ1v) is 13.0. The minimum absolute atomic E-state index is 0.145. The Morgan fingerprint density at radius 1 is 1.00 bits per heavy atom. The van der Waals surface area contributed by atoms with Crippen LogP contribution in [-0.4, -0.2) is 84.7 Å². The molecule has 0 aliphatic carbocycles. The maximum absolute atomic E-state index is 13.1. The Bertz CT molecular complexity index is 1030. The van der Waals surface area contributed by atoms with Gasteiger partial charge < -0.3 is 24.2 Å². The Morgan fingerprint density at radius 2 is 1.69 bits per heavy atom. The van der Waals surface area contributed by atoms with E-state index < -0.39 is 6.04 Å². The molecule has 1 aromatic carbocycles. The molecule has 3 saturated heterocycles. The number of amides is 4. The maximum atomic E-state index is 13.1. The smallest absolute Gasteiger partial charge is 0.409 e. The summed E-state index contributed by atoms with van der Waals surface area (Å²) >= 11 is 0. The largest absolute Gasteiger partial charge is 0.450 e. The van der Waals surface area contributed by atoms with E-state index in [4.69, 9.17) is 9.47 Å².